The number of aryl methyl sites for hydroxylation is 1. The number of ether oxygens (including phenoxy) is 2. The lowest BCUT2D eigenvalue weighted by Gasteiger charge is -2.23. The average Bonchev–Trinajstić information content (AvgIpc) is 3.35. The number of sulfonamides is 1. The molecular weight excluding hydrogens is 434 g/mol. The van der Waals surface area contributed by atoms with Crippen LogP contribution < -0.4 is 10.1 Å². The van der Waals surface area contributed by atoms with Gasteiger partial charge in [0, 0.05) is 25.5 Å². The molecular formula is C19H22ClN3O6S. The van der Waals surface area contributed by atoms with Crippen LogP contribution in [0.25, 0.3) is 0 Å². The van der Waals surface area contributed by atoms with Gasteiger partial charge in [0.15, 0.2) is 0 Å². The average molecular weight is 456 g/mol. The largest absolute Gasteiger partial charge is 0.495 e. The summed E-state index contributed by atoms with van der Waals surface area (Å²) in [4.78, 5) is 24.6. The molecule has 0 radical (unpaired) electrons. The summed E-state index contributed by atoms with van der Waals surface area (Å²) in [6.07, 6.45) is 2.25. The molecule has 0 bridgehead atoms. The van der Waals surface area contributed by atoms with Gasteiger partial charge in [0.05, 0.1) is 19.2 Å². The lowest BCUT2D eigenvalue weighted by atomic mass is 10.2. The second kappa shape index (κ2) is 8.66. The minimum absolute atomic E-state index is 0.0717. The van der Waals surface area contributed by atoms with Crippen LogP contribution in [0, 0.1) is 0 Å². The number of carbonyl (C=O) groups is 2. The number of carbonyl (C=O) groups excluding carboxylic acids is 2. The van der Waals surface area contributed by atoms with Crippen LogP contribution in [0.1, 0.15) is 23.3 Å². The first-order chi connectivity index (χ1) is 14.2. The Bertz CT molecular complexity index is 1080. The Balaban J connectivity index is 1.83. The Labute approximate surface area is 179 Å². The highest BCUT2D eigenvalue weighted by atomic mass is 35.5. The van der Waals surface area contributed by atoms with Gasteiger partial charge in [-0.15, -0.1) is 0 Å². The van der Waals surface area contributed by atoms with Crippen LogP contribution in [0.2, 0.25) is 5.02 Å². The van der Waals surface area contributed by atoms with Crippen molar-refractivity contribution in [1.29, 1.82) is 0 Å². The molecule has 1 unspecified atom stereocenters. The summed E-state index contributed by atoms with van der Waals surface area (Å²) < 4.78 is 38.6. The molecule has 1 fully saturated rings. The van der Waals surface area contributed by atoms with Crippen LogP contribution in [-0.2, 0) is 26.6 Å². The van der Waals surface area contributed by atoms with Crippen molar-refractivity contribution in [3.8, 4) is 5.75 Å². The first kappa shape index (κ1) is 22.1. The number of anilines is 1. The molecule has 0 aliphatic carbocycles. The molecule has 1 aromatic heterocycles. The first-order valence-electron chi connectivity index (χ1n) is 9.10. The van der Waals surface area contributed by atoms with Crippen LogP contribution in [0.15, 0.2) is 35.4 Å². The third-order valence-electron chi connectivity index (χ3n) is 4.91. The van der Waals surface area contributed by atoms with Crippen LogP contribution in [-0.4, -0.2) is 56.0 Å². The molecule has 2 heterocycles. The molecule has 1 aromatic carbocycles. The molecule has 0 spiro atoms. The van der Waals surface area contributed by atoms with Gasteiger partial charge in [-0.25, -0.2) is 13.2 Å². The molecule has 9 nitrogen and oxygen atoms in total. The van der Waals surface area contributed by atoms with Crippen molar-refractivity contribution in [3.63, 3.8) is 0 Å². The van der Waals surface area contributed by atoms with Crippen molar-refractivity contribution in [2.75, 3.05) is 26.1 Å². The quantitative estimate of drug-likeness (QED) is 0.669. The number of hydrogen-bond acceptors (Lipinski definition) is 6. The van der Waals surface area contributed by atoms with E-state index in [9.17, 15) is 18.0 Å². The predicted molar refractivity (Wildman–Crippen MR) is 110 cm³/mol. The van der Waals surface area contributed by atoms with E-state index in [2.05, 4.69) is 10.1 Å². The number of methoxy groups -OCH3 is 2. The molecule has 30 heavy (non-hydrogen) atoms. The first-order valence-corrected chi connectivity index (χ1v) is 10.9. The summed E-state index contributed by atoms with van der Waals surface area (Å²) in [6.45, 7) is 0.201. The number of aromatic nitrogens is 1. The van der Waals surface area contributed by atoms with Crippen LogP contribution in [0.4, 0.5) is 5.69 Å². The Morgan fingerprint density at radius 2 is 1.97 bits per heavy atom. The van der Waals surface area contributed by atoms with Gasteiger partial charge in [0.2, 0.25) is 15.9 Å². The Hall–Kier alpha value is -2.56. The van der Waals surface area contributed by atoms with Crippen molar-refractivity contribution >= 4 is 39.2 Å². The van der Waals surface area contributed by atoms with Gasteiger partial charge in [-0.1, -0.05) is 11.6 Å². The minimum Gasteiger partial charge on any atom is -0.495 e. The van der Waals surface area contributed by atoms with E-state index in [4.69, 9.17) is 16.3 Å². The molecule has 1 aliphatic rings. The summed E-state index contributed by atoms with van der Waals surface area (Å²) >= 11 is 6.09. The molecule has 1 N–H and O–H groups in total. The van der Waals surface area contributed by atoms with E-state index in [1.807, 2.05) is 0 Å². The summed E-state index contributed by atoms with van der Waals surface area (Å²) in [5, 5.41) is 3.03. The highest BCUT2D eigenvalue weighted by Gasteiger charge is 2.40. The number of benzene rings is 1. The summed E-state index contributed by atoms with van der Waals surface area (Å²) in [6, 6.07) is 5.14. The molecule has 0 saturated carbocycles. The maximum absolute atomic E-state index is 13.2. The fourth-order valence-electron chi connectivity index (χ4n) is 3.38. The fourth-order valence-corrected chi connectivity index (χ4v) is 5.36. The third-order valence-corrected chi connectivity index (χ3v) is 7.08. The minimum atomic E-state index is -3.99. The number of nitrogens with one attached hydrogen (secondary N) is 1. The van der Waals surface area contributed by atoms with E-state index in [0.717, 1.165) is 4.31 Å². The maximum Gasteiger partial charge on any atom is 0.354 e. The third kappa shape index (κ3) is 4.16. The molecule has 2 aromatic rings. The number of halogens is 1. The van der Waals surface area contributed by atoms with E-state index in [1.165, 1.54) is 37.1 Å². The van der Waals surface area contributed by atoms with Crippen LogP contribution in [0.5, 0.6) is 5.75 Å². The number of amides is 1. The Morgan fingerprint density at radius 3 is 2.60 bits per heavy atom. The Kier molecular flexibility index (Phi) is 6.39. The van der Waals surface area contributed by atoms with Gasteiger partial charge in [0.25, 0.3) is 0 Å². The normalized spacial score (nSPS) is 17.0. The number of nitrogens with zero attached hydrogens (tertiary/aromatic N) is 2. The van der Waals surface area contributed by atoms with Crippen molar-refractivity contribution in [2.24, 2.45) is 7.05 Å². The number of esters is 1. The second-order valence-electron chi connectivity index (χ2n) is 6.78. The summed E-state index contributed by atoms with van der Waals surface area (Å²) in [5.41, 5.74) is 0.534. The van der Waals surface area contributed by atoms with E-state index in [0.29, 0.717) is 29.3 Å². The number of hydrogen-bond donors (Lipinski definition) is 1. The lowest BCUT2D eigenvalue weighted by Crippen LogP contribution is -2.43. The lowest BCUT2D eigenvalue weighted by molar-refractivity contribution is -0.119. The van der Waals surface area contributed by atoms with Crippen LogP contribution in [0.3, 0.4) is 0 Å². The van der Waals surface area contributed by atoms with Crippen molar-refractivity contribution in [3.05, 3.63) is 41.2 Å². The van der Waals surface area contributed by atoms with Gasteiger partial charge in [0.1, 0.15) is 22.4 Å². The van der Waals surface area contributed by atoms with E-state index < -0.39 is 27.9 Å². The van der Waals surface area contributed by atoms with E-state index >= 15 is 0 Å². The molecule has 1 saturated heterocycles. The SMILES string of the molecule is COC(=O)c1cc(S(=O)(=O)N2CCCC2C(=O)Nc2ccc(OC)c(Cl)c2)cn1C. The zero-order chi connectivity index (χ0) is 22.1. The molecule has 162 valence electrons. The fraction of sp³-hybridized carbons (Fsp3) is 0.368. The van der Waals surface area contributed by atoms with Gasteiger partial charge >= 0.3 is 5.97 Å². The number of rotatable bonds is 6. The summed E-state index contributed by atoms with van der Waals surface area (Å²) in [5.74, 6) is -0.641. The molecule has 1 atom stereocenters. The zero-order valence-electron chi connectivity index (χ0n) is 16.7. The smallest absolute Gasteiger partial charge is 0.354 e. The zero-order valence-corrected chi connectivity index (χ0v) is 18.3. The van der Waals surface area contributed by atoms with Gasteiger partial charge < -0.3 is 19.4 Å². The monoisotopic (exact) mass is 455 g/mol. The molecule has 1 aliphatic heterocycles. The van der Waals surface area contributed by atoms with Crippen molar-refractivity contribution in [1.82, 2.24) is 8.87 Å². The Morgan fingerprint density at radius 1 is 1.23 bits per heavy atom. The molecule has 1 amide bonds. The van der Waals surface area contributed by atoms with Gasteiger partial charge in [-0.05, 0) is 37.1 Å². The molecule has 11 heteroatoms. The van der Waals surface area contributed by atoms with Gasteiger partial charge in [-0.2, -0.15) is 4.31 Å². The van der Waals surface area contributed by atoms with Crippen molar-refractivity contribution in [2.45, 2.75) is 23.8 Å². The van der Waals surface area contributed by atoms with Crippen molar-refractivity contribution < 1.29 is 27.5 Å². The van der Waals surface area contributed by atoms with E-state index in [1.54, 1.807) is 19.2 Å². The van der Waals surface area contributed by atoms with Gasteiger partial charge in [-0.3, -0.25) is 4.79 Å². The summed E-state index contributed by atoms with van der Waals surface area (Å²) in [7, 11) is 0.259. The predicted octanol–water partition coefficient (Wildman–Crippen LogP) is 2.27. The topological polar surface area (TPSA) is 107 Å². The highest BCUT2D eigenvalue weighted by molar-refractivity contribution is 7.89. The maximum atomic E-state index is 13.2. The molecule has 3 rings (SSSR count). The highest BCUT2D eigenvalue weighted by Crippen LogP contribution is 2.30. The van der Waals surface area contributed by atoms with Crippen LogP contribution >= 0.6 is 11.6 Å². The second-order valence-corrected chi connectivity index (χ2v) is 9.07. The van der Waals surface area contributed by atoms with E-state index in [-0.39, 0.29) is 17.1 Å². The standard InChI is InChI=1S/C19H22ClN3O6S/c1-22-11-13(10-16(22)19(25)29-3)30(26,27)23-8-4-5-15(23)18(24)21-12-6-7-17(28-2)14(20)9-12/h6-7,9-11,15H,4-5,8H2,1-3H3,(H,21,24).